The van der Waals surface area contributed by atoms with E-state index in [1.165, 1.54) is 0 Å². The Hall–Kier alpha value is -2.37. The van der Waals surface area contributed by atoms with Crippen molar-refractivity contribution in [1.82, 2.24) is 0 Å². The third kappa shape index (κ3) is 2.64. The normalized spacial score (nSPS) is 12.2. The third-order valence-corrected chi connectivity index (χ3v) is 3.27. The molecule has 0 aliphatic heterocycles. The number of carboxylic acid groups (broad SMARTS) is 4. The zero-order valence-corrected chi connectivity index (χ0v) is 14.2. The van der Waals surface area contributed by atoms with Crippen LogP contribution in [0.4, 0.5) is 0 Å². The first kappa shape index (κ1) is 17.6. The number of carbonyl (C=O) groups is 5. The second kappa shape index (κ2) is 6.19. The molecule has 0 saturated heterocycles. The maximum absolute atomic E-state index is 11.3. The van der Waals surface area contributed by atoms with Gasteiger partial charge >= 0.3 is 118 Å². The summed E-state index contributed by atoms with van der Waals surface area (Å²) in [7, 11) is 0. The molecule has 0 aromatic rings. The first-order valence-corrected chi connectivity index (χ1v) is 6.46. The van der Waals surface area contributed by atoms with Gasteiger partial charge in [-0.25, -0.2) is 0 Å². The summed E-state index contributed by atoms with van der Waals surface area (Å²) in [6, 6.07) is 0. The molecule has 0 aliphatic rings. The molecule has 0 amide bonds. The Labute approximate surface area is 119 Å². The van der Waals surface area contributed by atoms with E-state index in [0.717, 1.165) is 0 Å². The van der Waals surface area contributed by atoms with Crippen LogP contribution in [-0.4, -0.2) is 67.1 Å². The Morgan fingerprint density at radius 3 is 1.50 bits per heavy atom. The van der Waals surface area contributed by atoms with Gasteiger partial charge in [0, 0.05) is 0 Å². The van der Waals surface area contributed by atoms with Crippen molar-refractivity contribution in [2.24, 2.45) is 11.3 Å². The number of hydrogen-bond donors (Lipinski definition) is 4. The first-order chi connectivity index (χ1) is 9.04. The minimum absolute atomic E-state index is 0.561. The molecule has 0 bridgehead atoms. The van der Waals surface area contributed by atoms with Gasteiger partial charge in [-0.1, -0.05) is 0 Å². The maximum atomic E-state index is 11.3. The fourth-order valence-corrected chi connectivity index (χ4v) is 2.04. The van der Waals surface area contributed by atoms with Crippen molar-refractivity contribution in [3.8, 4) is 0 Å². The van der Waals surface area contributed by atoms with E-state index in [2.05, 4.69) is 10.3 Å². The summed E-state index contributed by atoms with van der Waals surface area (Å²) < 4.78 is 4.28. The van der Waals surface area contributed by atoms with E-state index in [4.69, 9.17) is 20.4 Å². The van der Waals surface area contributed by atoms with Gasteiger partial charge in [0.15, 0.2) is 0 Å². The van der Waals surface area contributed by atoms with Crippen LogP contribution in [0.15, 0.2) is 12.2 Å². The molecule has 1 atom stereocenters. The molecule has 0 rings (SSSR count). The molecule has 0 aromatic heterocycles. The van der Waals surface area contributed by atoms with Gasteiger partial charge in [0.1, 0.15) is 0 Å². The predicted octanol–water partition coefficient (Wildman–Crippen LogP) is -2.69. The van der Waals surface area contributed by atoms with Crippen LogP contribution in [0.3, 0.4) is 0 Å². The van der Waals surface area contributed by atoms with Crippen molar-refractivity contribution in [3.63, 3.8) is 0 Å². The second-order valence-corrected chi connectivity index (χ2v) is 4.37. The molecule has 0 saturated carbocycles. The molecule has 10 nitrogen and oxygen atoms in total. The molecular weight excluding hydrogens is 341 g/mol. The molecule has 4 N–H and O–H groups in total. The van der Waals surface area contributed by atoms with Crippen LogP contribution in [0.25, 0.3) is 0 Å². The average molecular weight is 351 g/mol. The van der Waals surface area contributed by atoms with E-state index in [0.29, 0.717) is 0 Å². The molecule has 0 heterocycles. The molecule has 0 aromatic carbocycles. The predicted molar refractivity (Wildman–Crippen MR) is 61.6 cm³/mol. The fraction of sp³-hybridized carbons (Fsp3) is 0.222. The van der Waals surface area contributed by atoms with Crippen LogP contribution in [0.2, 0.25) is 0 Å². The number of rotatable bonds is 7. The first-order valence-electron chi connectivity index (χ1n) is 4.75. The van der Waals surface area contributed by atoms with Gasteiger partial charge in [0.2, 0.25) is 0 Å². The number of carboxylic acids is 4. The van der Waals surface area contributed by atoms with Gasteiger partial charge in [-0.2, -0.15) is 0 Å². The topological polar surface area (TPSA) is 176 Å². The standard InChI is InChI=1S/C9H10GeO10/c1-2(5(13)20-10)3(4(11)12)9(6(14)15,7(16)17)8(18)19/h3H,1H2,10H3,(H,11,12)(H,14,15)(H,16,17)(H,18,19). The minimum atomic E-state index is -3.79. The molecule has 0 radical (unpaired) electrons. The van der Waals surface area contributed by atoms with Gasteiger partial charge in [0.25, 0.3) is 0 Å². The third-order valence-electron chi connectivity index (χ3n) is 2.49. The van der Waals surface area contributed by atoms with Crippen molar-refractivity contribution < 1.29 is 48.2 Å². The Balaban J connectivity index is 6.34. The molecule has 0 spiro atoms. The molecule has 110 valence electrons. The SMILES string of the molecule is C=C(C(=O)[O][GeH3])C(C(=O)O)C(C(=O)O)(C(=O)O)C(=O)O. The van der Waals surface area contributed by atoms with Crippen LogP contribution < -0.4 is 0 Å². The summed E-state index contributed by atoms with van der Waals surface area (Å²) in [6.07, 6.45) is 0. The molecular formula is C9H10GeO10. The zero-order valence-electron chi connectivity index (χ0n) is 10.0. The molecule has 1 unspecified atom stereocenters. The molecule has 20 heavy (non-hydrogen) atoms. The number of aliphatic carboxylic acids is 4. The monoisotopic (exact) mass is 352 g/mol. The molecule has 11 heteroatoms. The molecule has 0 aliphatic carbocycles. The molecule has 0 fully saturated rings. The quantitative estimate of drug-likeness (QED) is 0.215. The van der Waals surface area contributed by atoms with Crippen LogP contribution in [-0.2, 0) is 27.7 Å². The van der Waals surface area contributed by atoms with Gasteiger partial charge in [0.05, 0.1) is 0 Å². The van der Waals surface area contributed by atoms with Gasteiger partial charge in [-0.15, -0.1) is 0 Å². The van der Waals surface area contributed by atoms with Gasteiger partial charge in [-0.3, -0.25) is 0 Å². The van der Waals surface area contributed by atoms with E-state index in [1.807, 2.05) is 0 Å². The number of carbonyl (C=O) groups excluding carboxylic acids is 1. The van der Waals surface area contributed by atoms with Gasteiger partial charge in [-0.05, 0) is 0 Å². The van der Waals surface area contributed by atoms with E-state index in [9.17, 15) is 24.0 Å². The summed E-state index contributed by atoms with van der Waals surface area (Å²) >= 11 is -0.561. The summed E-state index contributed by atoms with van der Waals surface area (Å²) in [4.78, 5) is 55.5. The van der Waals surface area contributed by atoms with Gasteiger partial charge < -0.3 is 0 Å². The average Bonchev–Trinajstić information content (AvgIpc) is 2.31. The van der Waals surface area contributed by atoms with Crippen LogP contribution in [0, 0.1) is 11.3 Å². The Bertz CT molecular complexity index is 471. The second-order valence-electron chi connectivity index (χ2n) is 3.51. The summed E-state index contributed by atoms with van der Waals surface area (Å²) in [5, 5.41) is 35.6. The number of hydrogen-bond acceptors (Lipinski definition) is 6. The van der Waals surface area contributed by atoms with Crippen molar-refractivity contribution in [2.45, 2.75) is 0 Å². The van der Waals surface area contributed by atoms with Crippen LogP contribution >= 0.6 is 0 Å². The Kier molecular flexibility index (Phi) is 5.45. The van der Waals surface area contributed by atoms with E-state index in [-0.39, 0.29) is 0 Å². The summed E-state index contributed by atoms with van der Waals surface area (Å²) in [6.45, 7) is 2.94. The Morgan fingerprint density at radius 1 is 0.950 bits per heavy atom. The summed E-state index contributed by atoms with van der Waals surface area (Å²) in [5.41, 5.74) is -4.86. The van der Waals surface area contributed by atoms with Crippen molar-refractivity contribution in [3.05, 3.63) is 12.2 Å². The van der Waals surface area contributed by atoms with Crippen LogP contribution in [0.5, 0.6) is 0 Å². The Morgan fingerprint density at radius 2 is 1.30 bits per heavy atom. The van der Waals surface area contributed by atoms with Crippen molar-refractivity contribution in [2.75, 3.05) is 0 Å². The fourth-order valence-electron chi connectivity index (χ4n) is 1.49. The van der Waals surface area contributed by atoms with E-state index < -0.39 is 63.6 Å². The van der Waals surface area contributed by atoms with Crippen LogP contribution in [0.1, 0.15) is 0 Å². The zero-order chi connectivity index (χ0) is 16.2. The van der Waals surface area contributed by atoms with E-state index >= 15 is 0 Å². The summed E-state index contributed by atoms with van der Waals surface area (Å²) in [5.74, 6) is -13.6. The van der Waals surface area contributed by atoms with Crippen molar-refractivity contribution in [1.29, 1.82) is 0 Å². The van der Waals surface area contributed by atoms with E-state index in [1.54, 1.807) is 0 Å². The van der Waals surface area contributed by atoms with Crippen molar-refractivity contribution >= 4 is 46.7 Å².